The average Bonchev–Trinajstić information content (AvgIpc) is 2.64. The monoisotopic (exact) mass is 498 g/mol. The lowest BCUT2D eigenvalue weighted by Gasteiger charge is -2.12. The number of alkyl halides is 3. The van der Waals surface area contributed by atoms with Crippen molar-refractivity contribution in [2.45, 2.75) is 5.02 Å². The first-order valence-corrected chi connectivity index (χ1v) is 9.86. The second-order valence-corrected chi connectivity index (χ2v) is 6.76. The number of aromatic nitrogens is 2. The van der Waals surface area contributed by atoms with E-state index in [-0.39, 0.29) is 5.75 Å². The molecule has 0 spiro atoms. The maximum Gasteiger partial charge on any atom is 0.459 e. The Labute approximate surface area is 127 Å². The molecule has 17 heavy (non-hydrogen) atoms. The molecule has 2 aromatic rings. The number of hydrogen-bond acceptors (Lipinski definition) is 2. The SMILES string of the molecule is FC(F)(Br)Oc1ccc2c(cnn2PI)c1Br. The van der Waals surface area contributed by atoms with Crippen molar-refractivity contribution in [3.05, 3.63) is 22.8 Å². The second-order valence-electron chi connectivity index (χ2n) is 3.00. The molecule has 0 amide bonds. The zero-order chi connectivity index (χ0) is 12.6. The Balaban J connectivity index is 2.51. The van der Waals surface area contributed by atoms with Crippen LogP contribution < -0.4 is 4.74 Å². The second kappa shape index (κ2) is 5.22. The molecule has 0 aliphatic rings. The number of benzene rings is 1. The smallest absolute Gasteiger partial charge is 0.423 e. The lowest BCUT2D eigenvalue weighted by molar-refractivity contribution is -0.0806. The van der Waals surface area contributed by atoms with Crippen LogP contribution in [0.2, 0.25) is 0 Å². The number of fused-ring (bicyclic) bond motifs is 1. The molecule has 0 N–H and O–H groups in total. The Bertz CT molecular complexity index is 560. The molecule has 0 radical (unpaired) electrons. The highest BCUT2D eigenvalue weighted by Crippen LogP contribution is 2.39. The Morgan fingerprint density at radius 2 is 2.18 bits per heavy atom. The third-order valence-electron chi connectivity index (χ3n) is 1.96. The highest BCUT2D eigenvalue weighted by molar-refractivity contribution is 14.2. The normalized spacial score (nSPS) is 12.8. The van der Waals surface area contributed by atoms with E-state index in [9.17, 15) is 8.78 Å². The fraction of sp³-hybridized carbons (Fsp3) is 0.125. The van der Waals surface area contributed by atoms with Gasteiger partial charge in [0.25, 0.3) is 0 Å². The standard InChI is InChI=1S/C8H4Br2F2IN2OP/c9-7-4-3-14-15(17-13)5(4)1-2-6(7)16-8(10,11)12/h1-3,17H. The Kier molecular flexibility index (Phi) is 4.27. The van der Waals surface area contributed by atoms with Crippen molar-refractivity contribution in [1.29, 1.82) is 0 Å². The van der Waals surface area contributed by atoms with Crippen LogP contribution in [0.4, 0.5) is 8.78 Å². The van der Waals surface area contributed by atoms with Gasteiger partial charge in [-0.05, 0) is 50.1 Å². The zero-order valence-electron chi connectivity index (χ0n) is 7.92. The first kappa shape index (κ1) is 13.9. The topological polar surface area (TPSA) is 27.1 Å². The summed E-state index contributed by atoms with van der Waals surface area (Å²) in [5.41, 5.74) is 0.870. The predicted octanol–water partition coefficient (Wildman–Crippen LogP) is 4.91. The molecule has 0 fully saturated rings. The van der Waals surface area contributed by atoms with Crippen molar-refractivity contribution in [2.24, 2.45) is 0 Å². The van der Waals surface area contributed by atoms with E-state index in [1.54, 1.807) is 16.7 Å². The molecule has 2 rings (SSSR count). The summed E-state index contributed by atoms with van der Waals surface area (Å²) in [5.74, 6) is 0.0655. The largest absolute Gasteiger partial charge is 0.459 e. The number of rotatable bonds is 3. The summed E-state index contributed by atoms with van der Waals surface area (Å²) in [6.45, 7) is 0. The molecule has 92 valence electrons. The number of halogens is 5. The van der Waals surface area contributed by atoms with Gasteiger partial charge in [0.2, 0.25) is 0 Å². The highest BCUT2D eigenvalue weighted by atomic mass is 127. The lowest BCUT2D eigenvalue weighted by atomic mass is 10.2. The van der Waals surface area contributed by atoms with Crippen molar-refractivity contribution in [3.8, 4) is 5.75 Å². The van der Waals surface area contributed by atoms with Crippen LogP contribution in [-0.2, 0) is 0 Å². The van der Waals surface area contributed by atoms with Crippen LogP contribution in [0.1, 0.15) is 0 Å². The first-order chi connectivity index (χ1) is 7.92. The average molecular weight is 500 g/mol. The first-order valence-electron chi connectivity index (χ1n) is 4.21. The van der Waals surface area contributed by atoms with Crippen molar-refractivity contribution < 1.29 is 13.5 Å². The summed E-state index contributed by atoms with van der Waals surface area (Å²) < 4.78 is 32.2. The van der Waals surface area contributed by atoms with Gasteiger partial charge in [-0.25, -0.2) is 4.45 Å². The zero-order valence-corrected chi connectivity index (χ0v) is 14.3. The summed E-state index contributed by atoms with van der Waals surface area (Å²) in [6, 6.07) is 3.18. The molecule has 0 aliphatic heterocycles. The van der Waals surface area contributed by atoms with Gasteiger partial charge in [0.05, 0.1) is 22.6 Å². The van der Waals surface area contributed by atoms with Crippen LogP contribution in [0.5, 0.6) is 5.75 Å². The minimum atomic E-state index is -3.38. The molecule has 1 aromatic heterocycles. The van der Waals surface area contributed by atoms with Gasteiger partial charge in [-0.15, -0.1) is 0 Å². The van der Waals surface area contributed by atoms with Crippen LogP contribution in [-0.4, -0.2) is 14.6 Å². The van der Waals surface area contributed by atoms with Gasteiger partial charge in [0, 0.05) is 21.3 Å². The van der Waals surface area contributed by atoms with E-state index in [0.717, 1.165) is 10.9 Å². The van der Waals surface area contributed by atoms with Crippen LogP contribution >= 0.6 is 60.3 Å². The molecule has 0 aliphatic carbocycles. The van der Waals surface area contributed by atoms with E-state index in [1.165, 1.54) is 6.07 Å². The van der Waals surface area contributed by atoms with Gasteiger partial charge in [0.1, 0.15) is 5.75 Å². The molecule has 9 heteroatoms. The number of nitrogens with zero attached hydrogens (tertiary/aromatic N) is 2. The maximum atomic E-state index is 12.7. The molecule has 1 unspecified atom stereocenters. The summed E-state index contributed by atoms with van der Waals surface area (Å²) in [5, 5.41) is 1.50. The molecule has 1 atom stereocenters. The third kappa shape index (κ3) is 3.08. The lowest BCUT2D eigenvalue weighted by Crippen LogP contribution is -2.15. The molecule has 1 aromatic carbocycles. The molecule has 0 bridgehead atoms. The minimum absolute atomic E-state index is 0.0655. The van der Waals surface area contributed by atoms with Gasteiger partial charge >= 0.3 is 5.02 Å². The molecule has 0 saturated carbocycles. The molecule has 0 saturated heterocycles. The highest BCUT2D eigenvalue weighted by Gasteiger charge is 2.28. The number of hydrogen-bond donors (Lipinski definition) is 0. The predicted molar refractivity (Wildman–Crippen MR) is 79.7 cm³/mol. The summed E-state index contributed by atoms with van der Waals surface area (Å²) >= 11 is 7.58. The van der Waals surface area contributed by atoms with E-state index < -0.39 is 5.02 Å². The third-order valence-corrected chi connectivity index (χ3v) is 4.82. The fourth-order valence-electron chi connectivity index (χ4n) is 1.32. The Morgan fingerprint density at radius 3 is 2.76 bits per heavy atom. The van der Waals surface area contributed by atoms with Gasteiger partial charge in [-0.1, -0.05) is 0 Å². The summed E-state index contributed by atoms with van der Waals surface area (Å²) in [6.07, 6.45) is 2.06. The molecule has 3 nitrogen and oxygen atoms in total. The fourth-order valence-corrected chi connectivity index (χ4v) is 3.55. The minimum Gasteiger partial charge on any atom is -0.423 e. The van der Waals surface area contributed by atoms with E-state index in [0.29, 0.717) is 10.8 Å². The van der Waals surface area contributed by atoms with Crippen molar-refractivity contribution >= 4 is 71.2 Å². The van der Waals surface area contributed by atoms with Gasteiger partial charge in [-0.3, -0.25) is 0 Å². The summed E-state index contributed by atoms with van der Waals surface area (Å²) in [7, 11) is 0. The Morgan fingerprint density at radius 1 is 1.47 bits per heavy atom. The van der Waals surface area contributed by atoms with Crippen LogP contribution in [0.15, 0.2) is 22.8 Å². The van der Waals surface area contributed by atoms with E-state index in [2.05, 4.69) is 63.7 Å². The number of ether oxygens (including phenoxy) is 1. The van der Waals surface area contributed by atoms with Crippen LogP contribution in [0, 0.1) is 0 Å². The van der Waals surface area contributed by atoms with E-state index in [4.69, 9.17) is 0 Å². The van der Waals surface area contributed by atoms with Gasteiger partial charge in [-0.2, -0.15) is 13.9 Å². The van der Waals surface area contributed by atoms with Crippen molar-refractivity contribution in [1.82, 2.24) is 9.55 Å². The van der Waals surface area contributed by atoms with E-state index in [1.807, 2.05) is 0 Å². The van der Waals surface area contributed by atoms with Gasteiger partial charge < -0.3 is 4.74 Å². The van der Waals surface area contributed by atoms with Gasteiger partial charge in [0.15, 0.2) is 0 Å². The quantitative estimate of drug-likeness (QED) is 0.341. The molecular weight excluding hydrogens is 496 g/mol. The van der Waals surface area contributed by atoms with Crippen LogP contribution in [0.3, 0.4) is 0 Å². The summed E-state index contributed by atoms with van der Waals surface area (Å²) in [4.78, 5) is 0. The van der Waals surface area contributed by atoms with Crippen LogP contribution in [0.25, 0.3) is 10.9 Å². The molecular formula is C8H4Br2F2IN2OP. The Hall–Kier alpha value is 0.470. The molecule has 1 heterocycles. The van der Waals surface area contributed by atoms with Crippen molar-refractivity contribution in [3.63, 3.8) is 0 Å². The van der Waals surface area contributed by atoms with E-state index >= 15 is 0 Å². The maximum absolute atomic E-state index is 12.7. The van der Waals surface area contributed by atoms with Crippen molar-refractivity contribution in [2.75, 3.05) is 0 Å².